The Bertz CT molecular complexity index is 864. The molecule has 0 radical (unpaired) electrons. The first-order valence-corrected chi connectivity index (χ1v) is 9.51. The molecule has 25 heavy (non-hydrogen) atoms. The highest BCUT2D eigenvalue weighted by atomic mass is 32.2. The standard InChI is InChI=1S/C18H23N3O3S/c1-13-8-9-14(2)17(12-13)25(23,24)21-16-7-4-3-6-15(16)18(22)20-11-5-10-19/h3-4,6-9,12,21H,5,10-11,19H2,1-2H3,(H,20,22). The highest BCUT2D eigenvalue weighted by Gasteiger charge is 2.20. The maximum atomic E-state index is 12.8. The van der Waals surface area contributed by atoms with E-state index in [9.17, 15) is 13.2 Å². The number of amides is 1. The molecular weight excluding hydrogens is 338 g/mol. The Morgan fingerprint density at radius 1 is 1.12 bits per heavy atom. The fourth-order valence-corrected chi connectivity index (χ4v) is 3.78. The maximum absolute atomic E-state index is 12.8. The smallest absolute Gasteiger partial charge is 0.262 e. The lowest BCUT2D eigenvalue weighted by Crippen LogP contribution is -2.27. The van der Waals surface area contributed by atoms with E-state index < -0.39 is 10.0 Å². The zero-order valence-corrected chi connectivity index (χ0v) is 15.2. The quantitative estimate of drug-likeness (QED) is 0.658. The summed E-state index contributed by atoms with van der Waals surface area (Å²) < 4.78 is 28.0. The molecular formula is C18H23N3O3S. The number of carbonyl (C=O) groups excluding carboxylic acids is 1. The van der Waals surface area contributed by atoms with Crippen LogP contribution in [0.5, 0.6) is 0 Å². The van der Waals surface area contributed by atoms with Crippen LogP contribution in [-0.2, 0) is 10.0 Å². The summed E-state index contributed by atoms with van der Waals surface area (Å²) in [7, 11) is -3.80. The van der Waals surface area contributed by atoms with E-state index in [1.807, 2.05) is 13.0 Å². The summed E-state index contributed by atoms with van der Waals surface area (Å²) in [6.45, 7) is 4.48. The SMILES string of the molecule is Cc1ccc(C)c(S(=O)(=O)Nc2ccccc2C(=O)NCCCN)c1. The van der Waals surface area contributed by atoms with E-state index >= 15 is 0 Å². The van der Waals surface area contributed by atoms with Gasteiger partial charge in [-0.3, -0.25) is 9.52 Å². The van der Waals surface area contributed by atoms with Crippen LogP contribution in [-0.4, -0.2) is 27.4 Å². The largest absolute Gasteiger partial charge is 0.352 e. The van der Waals surface area contributed by atoms with Gasteiger partial charge in [0, 0.05) is 6.54 Å². The van der Waals surface area contributed by atoms with E-state index in [0.717, 1.165) is 5.56 Å². The van der Waals surface area contributed by atoms with Gasteiger partial charge in [0.15, 0.2) is 0 Å². The van der Waals surface area contributed by atoms with Gasteiger partial charge < -0.3 is 11.1 Å². The molecule has 0 saturated heterocycles. The number of para-hydroxylation sites is 1. The Morgan fingerprint density at radius 2 is 1.84 bits per heavy atom. The molecule has 4 N–H and O–H groups in total. The van der Waals surface area contributed by atoms with Crippen molar-refractivity contribution in [3.8, 4) is 0 Å². The molecule has 0 atom stereocenters. The molecule has 0 bridgehead atoms. The third kappa shape index (κ3) is 4.80. The first-order valence-electron chi connectivity index (χ1n) is 8.02. The molecule has 7 heteroatoms. The lowest BCUT2D eigenvalue weighted by Gasteiger charge is -2.14. The maximum Gasteiger partial charge on any atom is 0.262 e. The monoisotopic (exact) mass is 361 g/mol. The van der Waals surface area contributed by atoms with Crippen LogP contribution < -0.4 is 15.8 Å². The number of nitrogens with two attached hydrogens (primary N) is 1. The number of hydrogen-bond acceptors (Lipinski definition) is 4. The molecule has 0 aromatic heterocycles. The Kier molecular flexibility index (Phi) is 6.17. The average molecular weight is 361 g/mol. The van der Waals surface area contributed by atoms with Crippen molar-refractivity contribution in [2.24, 2.45) is 5.73 Å². The van der Waals surface area contributed by atoms with E-state index in [0.29, 0.717) is 25.1 Å². The predicted octanol–water partition coefficient (Wildman–Crippen LogP) is 2.18. The normalized spacial score (nSPS) is 11.2. The molecule has 0 aliphatic rings. The lowest BCUT2D eigenvalue weighted by molar-refractivity contribution is 0.0954. The van der Waals surface area contributed by atoms with Gasteiger partial charge in [0.05, 0.1) is 16.1 Å². The van der Waals surface area contributed by atoms with Gasteiger partial charge in [0.25, 0.3) is 15.9 Å². The number of anilines is 1. The van der Waals surface area contributed by atoms with Crippen LogP contribution in [0.25, 0.3) is 0 Å². The average Bonchev–Trinajstić information content (AvgIpc) is 2.57. The van der Waals surface area contributed by atoms with Gasteiger partial charge >= 0.3 is 0 Å². The number of nitrogens with one attached hydrogen (secondary N) is 2. The molecule has 2 rings (SSSR count). The number of benzene rings is 2. The van der Waals surface area contributed by atoms with Crippen molar-refractivity contribution in [1.29, 1.82) is 0 Å². The minimum Gasteiger partial charge on any atom is -0.352 e. The second-order valence-corrected chi connectivity index (χ2v) is 7.47. The van der Waals surface area contributed by atoms with Crippen molar-refractivity contribution in [3.05, 3.63) is 59.2 Å². The van der Waals surface area contributed by atoms with Crippen LogP contribution in [0.15, 0.2) is 47.4 Å². The van der Waals surface area contributed by atoms with Crippen LogP contribution in [0, 0.1) is 13.8 Å². The summed E-state index contributed by atoms with van der Waals surface area (Å²) in [6, 6.07) is 11.7. The van der Waals surface area contributed by atoms with Gasteiger partial charge in [-0.1, -0.05) is 24.3 Å². The van der Waals surface area contributed by atoms with E-state index in [1.165, 1.54) is 0 Å². The van der Waals surface area contributed by atoms with Crippen molar-refractivity contribution >= 4 is 21.6 Å². The molecule has 0 aliphatic heterocycles. The van der Waals surface area contributed by atoms with Crippen LogP contribution >= 0.6 is 0 Å². The molecule has 2 aromatic rings. The van der Waals surface area contributed by atoms with Crippen molar-refractivity contribution in [2.75, 3.05) is 17.8 Å². The Labute approximate surface area is 148 Å². The van der Waals surface area contributed by atoms with E-state index in [-0.39, 0.29) is 22.1 Å². The summed E-state index contributed by atoms with van der Waals surface area (Å²) in [4.78, 5) is 12.5. The van der Waals surface area contributed by atoms with Gasteiger partial charge in [-0.25, -0.2) is 8.42 Å². The number of carbonyl (C=O) groups is 1. The minimum atomic E-state index is -3.80. The van der Waals surface area contributed by atoms with Gasteiger partial charge in [-0.05, 0) is 56.1 Å². The zero-order valence-electron chi connectivity index (χ0n) is 14.4. The molecule has 6 nitrogen and oxygen atoms in total. The molecule has 0 saturated carbocycles. The molecule has 0 heterocycles. The van der Waals surface area contributed by atoms with Gasteiger partial charge in [0.1, 0.15) is 0 Å². The second-order valence-electron chi connectivity index (χ2n) is 5.82. The van der Waals surface area contributed by atoms with Crippen LogP contribution in [0.4, 0.5) is 5.69 Å². The predicted molar refractivity (Wildman–Crippen MR) is 99.2 cm³/mol. The number of hydrogen-bond donors (Lipinski definition) is 3. The molecule has 0 unspecified atom stereocenters. The number of sulfonamides is 1. The van der Waals surface area contributed by atoms with Crippen molar-refractivity contribution in [2.45, 2.75) is 25.2 Å². The molecule has 1 amide bonds. The van der Waals surface area contributed by atoms with Crippen molar-refractivity contribution < 1.29 is 13.2 Å². The number of aryl methyl sites for hydroxylation is 2. The summed E-state index contributed by atoms with van der Waals surface area (Å²) in [6.07, 6.45) is 0.655. The summed E-state index contributed by atoms with van der Waals surface area (Å²) in [5, 5.41) is 2.73. The zero-order chi connectivity index (χ0) is 18.4. The van der Waals surface area contributed by atoms with Gasteiger partial charge in [-0.15, -0.1) is 0 Å². The van der Waals surface area contributed by atoms with Crippen molar-refractivity contribution in [1.82, 2.24) is 5.32 Å². The first kappa shape index (κ1) is 19.0. The minimum absolute atomic E-state index is 0.200. The highest BCUT2D eigenvalue weighted by molar-refractivity contribution is 7.92. The second kappa shape index (κ2) is 8.13. The summed E-state index contributed by atoms with van der Waals surface area (Å²) in [5.74, 6) is -0.340. The summed E-state index contributed by atoms with van der Waals surface area (Å²) in [5.41, 5.74) is 7.42. The lowest BCUT2D eigenvalue weighted by atomic mass is 10.1. The fraction of sp³-hybridized carbons (Fsp3) is 0.278. The number of rotatable bonds is 7. The van der Waals surface area contributed by atoms with Gasteiger partial charge in [-0.2, -0.15) is 0 Å². The van der Waals surface area contributed by atoms with Crippen molar-refractivity contribution in [3.63, 3.8) is 0 Å². The third-order valence-electron chi connectivity index (χ3n) is 3.72. The third-order valence-corrected chi connectivity index (χ3v) is 5.22. The van der Waals surface area contributed by atoms with Crippen LogP contribution in [0.1, 0.15) is 27.9 Å². The topological polar surface area (TPSA) is 101 Å². The Hall–Kier alpha value is -2.38. The Morgan fingerprint density at radius 3 is 2.56 bits per heavy atom. The Balaban J connectivity index is 2.31. The van der Waals surface area contributed by atoms with E-state index in [4.69, 9.17) is 5.73 Å². The van der Waals surface area contributed by atoms with E-state index in [2.05, 4.69) is 10.0 Å². The highest BCUT2D eigenvalue weighted by Crippen LogP contribution is 2.23. The molecule has 0 fully saturated rings. The first-order chi connectivity index (χ1) is 11.8. The summed E-state index contributed by atoms with van der Waals surface area (Å²) >= 11 is 0. The fourth-order valence-electron chi connectivity index (χ4n) is 2.37. The molecule has 134 valence electrons. The molecule has 2 aromatic carbocycles. The molecule has 0 aliphatic carbocycles. The van der Waals surface area contributed by atoms with Crippen LogP contribution in [0.2, 0.25) is 0 Å². The van der Waals surface area contributed by atoms with E-state index in [1.54, 1.807) is 43.3 Å². The molecule has 0 spiro atoms. The van der Waals surface area contributed by atoms with Crippen LogP contribution in [0.3, 0.4) is 0 Å². The van der Waals surface area contributed by atoms with Gasteiger partial charge in [0.2, 0.25) is 0 Å².